The standard InChI is InChI=1S/C18H25ClN2O6/c1-8-25-14(22)11-9-12(19)13(20-10-11)21(15(23)26-17(2,3)4)16(24)27-18(5,6)7/h9-10H,8H2,1-7H3. The molecule has 1 aromatic rings. The van der Waals surface area contributed by atoms with Gasteiger partial charge in [-0.05, 0) is 54.5 Å². The maximum absolute atomic E-state index is 12.6. The van der Waals surface area contributed by atoms with Gasteiger partial charge in [0.05, 0.1) is 17.2 Å². The van der Waals surface area contributed by atoms with Gasteiger partial charge in [0.2, 0.25) is 0 Å². The number of imide groups is 1. The lowest BCUT2D eigenvalue weighted by molar-refractivity contribution is 0.0428. The van der Waals surface area contributed by atoms with Gasteiger partial charge in [-0.15, -0.1) is 0 Å². The average Bonchev–Trinajstić information content (AvgIpc) is 2.45. The Morgan fingerprint density at radius 1 is 1.04 bits per heavy atom. The van der Waals surface area contributed by atoms with E-state index in [-0.39, 0.29) is 23.0 Å². The smallest absolute Gasteiger partial charge is 0.425 e. The zero-order chi connectivity index (χ0) is 21.0. The highest BCUT2D eigenvalue weighted by Crippen LogP contribution is 2.28. The minimum absolute atomic E-state index is 0.0823. The predicted molar refractivity (Wildman–Crippen MR) is 100 cm³/mol. The van der Waals surface area contributed by atoms with Gasteiger partial charge in [-0.25, -0.2) is 19.4 Å². The molecule has 150 valence electrons. The van der Waals surface area contributed by atoms with Gasteiger partial charge >= 0.3 is 18.2 Å². The second-order valence-electron chi connectivity index (χ2n) is 7.55. The fourth-order valence-corrected chi connectivity index (χ4v) is 2.03. The van der Waals surface area contributed by atoms with Crippen LogP contribution in [0.25, 0.3) is 0 Å². The van der Waals surface area contributed by atoms with Crippen LogP contribution in [-0.4, -0.2) is 40.9 Å². The zero-order valence-corrected chi connectivity index (χ0v) is 17.3. The summed E-state index contributed by atoms with van der Waals surface area (Å²) in [4.78, 5) is 41.5. The van der Waals surface area contributed by atoms with Crippen molar-refractivity contribution in [2.24, 2.45) is 0 Å². The van der Waals surface area contributed by atoms with Crippen LogP contribution in [0.1, 0.15) is 58.8 Å². The van der Waals surface area contributed by atoms with Gasteiger partial charge in [-0.1, -0.05) is 11.6 Å². The van der Waals surface area contributed by atoms with Crippen molar-refractivity contribution in [3.8, 4) is 0 Å². The van der Waals surface area contributed by atoms with Gasteiger partial charge in [-0.3, -0.25) is 0 Å². The first kappa shape index (κ1) is 22.7. The molecule has 0 aromatic carbocycles. The molecular formula is C18H25ClN2O6. The van der Waals surface area contributed by atoms with Crippen LogP contribution in [0.15, 0.2) is 12.3 Å². The van der Waals surface area contributed by atoms with Crippen LogP contribution < -0.4 is 4.90 Å². The Balaban J connectivity index is 3.32. The predicted octanol–water partition coefficient (Wildman–Crippen LogP) is 4.59. The third-order valence-electron chi connectivity index (χ3n) is 2.70. The number of rotatable bonds is 3. The molecule has 0 atom stereocenters. The van der Waals surface area contributed by atoms with Crippen molar-refractivity contribution in [2.45, 2.75) is 59.7 Å². The summed E-state index contributed by atoms with van der Waals surface area (Å²) in [7, 11) is 0. The Bertz CT molecular complexity index is 694. The van der Waals surface area contributed by atoms with Crippen molar-refractivity contribution >= 4 is 35.6 Å². The van der Waals surface area contributed by atoms with E-state index in [0.717, 1.165) is 6.20 Å². The molecular weight excluding hydrogens is 376 g/mol. The quantitative estimate of drug-likeness (QED) is 0.540. The van der Waals surface area contributed by atoms with Crippen molar-refractivity contribution in [1.29, 1.82) is 0 Å². The molecule has 0 unspecified atom stereocenters. The van der Waals surface area contributed by atoms with E-state index in [1.807, 2.05) is 0 Å². The van der Waals surface area contributed by atoms with E-state index in [2.05, 4.69) is 4.98 Å². The van der Waals surface area contributed by atoms with Crippen LogP contribution in [-0.2, 0) is 14.2 Å². The third kappa shape index (κ3) is 7.05. The summed E-state index contributed by atoms with van der Waals surface area (Å²) in [6.07, 6.45) is -0.855. The van der Waals surface area contributed by atoms with Gasteiger partial charge < -0.3 is 14.2 Å². The van der Waals surface area contributed by atoms with E-state index in [9.17, 15) is 14.4 Å². The van der Waals surface area contributed by atoms with E-state index in [4.69, 9.17) is 25.8 Å². The first-order chi connectivity index (χ1) is 12.2. The van der Waals surface area contributed by atoms with Crippen LogP contribution in [0.3, 0.4) is 0 Å². The Kier molecular flexibility index (Phi) is 7.19. The lowest BCUT2D eigenvalue weighted by Crippen LogP contribution is -2.44. The van der Waals surface area contributed by atoms with Crippen LogP contribution in [0.5, 0.6) is 0 Å². The molecule has 0 aliphatic heterocycles. The number of hydrogen-bond acceptors (Lipinski definition) is 7. The number of anilines is 1. The highest BCUT2D eigenvalue weighted by molar-refractivity contribution is 6.34. The lowest BCUT2D eigenvalue weighted by atomic mass is 10.2. The number of esters is 1. The highest BCUT2D eigenvalue weighted by atomic mass is 35.5. The van der Waals surface area contributed by atoms with Gasteiger partial charge in [0.25, 0.3) is 0 Å². The van der Waals surface area contributed by atoms with Crippen LogP contribution in [0.2, 0.25) is 5.02 Å². The molecule has 0 radical (unpaired) electrons. The van der Waals surface area contributed by atoms with Gasteiger partial charge in [-0.2, -0.15) is 4.90 Å². The van der Waals surface area contributed by atoms with Gasteiger partial charge in [0.1, 0.15) is 11.2 Å². The van der Waals surface area contributed by atoms with E-state index < -0.39 is 29.4 Å². The van der Waals surface area contributed by atoms with Gasteiger partial charge in [0.15, 0.2) is 5.82 Å². The maximum Gasteiger partial charge on any atom is 0.425 e. The summed E-state index contributed by atoms with van der Waals surface area (Å²) in [5, 5.41) is -0.114. The minimum atomic E-state index is -1.00. The fourth-order valence-electron chi connectivity index (χ4n) is 1.78. The largest absolute Gasteiger partial charge is 0.462 e. The van der Waals surface area contributed by atoms with Crippen molar-refractivity contribution in [2.75, 3.05) is 11.5 Å². The third-order valence-corrected chi connectivity index (χ3v) is 2.97. The Morgan fingerprint density at radius 3 is 1.89 bits per heavy atom. The summed E-state index contributed by atoms with van der Waals surface area (Å²) >= 11 is 6.17. The number of amides is 2. The maximum atomic E-state index is 12.6. The molecule has 1 aromatic heterocycles. The molecule has 1 rings (SSSR count). The molecule has 0 fully saturated rings. The molecule has 2 amide bonds. The topological polar surface area (TPSA) is 95.0 Å². The monoisotopic (exact) mass is 400 g/mol. The van der Waals surface area contributed by atoms with E-state index >= 15 is 0 Å². The molecule has 0 saturated heterocycles. The SMILES string of the molecule is CCOC(=O)c1cnc(N(C(=O)OC(C)(C)C)C(=O)OC(C)(C)C)c(Cl)c1. The molecule has 0 saturated carbocycles. The summed E-state index contributed by atoms with van der Waals surface area (Å²) in [5.74, 6) is -0.840. The lowest BCUT2D eigenvalue weighted by Gasteiger charge is -2.28. The summed E-state index contributed by atoms with van der Waals surface area (Å²) < 4.78 is 15.4. The van der Waals surface area contributed by atoms with Crippen molar-refractivity contribution in [3.63, 3.8) is 0 Å². The van der Waals surface area contributed by atoms with Crippen LogP contribution >= 0.6 is 11.6 Å². The molecule has 0 aliphatic carbocycles. The molecule has 1 heterocycles. The molecule has 27 heavy (non-hydrogen) atoms. The number of aromatic nitrogens is 1. The molecule has 0 aliphatic rings. The number of ether oxygens (including phenoxy) is 3. The van der Waals surface area contributed by atoms with E-state index in [1.54, 1.807) is 48.5 Å². The zero-order valence-electron chi connectivity index (χ0n) is 16.6. The Morgan fingerprint density at radius 2 is 1.52 bits per heavy atom. The minimum Gasteiger partial charge on any atom is -0.462 e. The number of halogens is 1. The number of carbonyl (C=O) groups is 3. The summed E-state index contributed by atoms with van der Waals surface area (Å²) in [5.41, 5.74) is -1.65. The second kappa shape index (κ2) is 8.56. The van der Waals surface area contributed by atoms with Crippen molar-refractivity contribution in [3.05, 3.63) is 22.8 Å². The van der Waals surface area contributed by atoms with Crippen molar-refractivity contribution < 1.29 is 28.6 Å². The normalized spacial score (nSPS) is 11.6. The van der Waals surface area contributed by atoms with Crippen LogP contribution in [0, 0.1) is 0 Å². The first-order valence-electron chi connectivity index (χ1n) is 8.34. The molecule has 8 nitrogen and oxygen atoms in total. The van der Waals surface area contributed by atoms with Crippen molar-refractivity contribution in [1.82, 2.24) is 4.98 Å². The van der Waals surface area contributed by atoms with E-state index in [0.29, 0.717) is 4.90 Å². The Hall–Kier alpha value is -2.35. The summed E-state index contributed by atoms with van der Waals surface area (Å²) in [6, 6.07) is 1.25. The average molecular weight is 401 g/mol. The van der Waals surface area contributed by atoms with E-state index in [1.165, 1.54) is 6.07 Å². The number of hydrogen-bond donors (Lipinski definition) is 0. The molecule has 0 N–H and O–H groups in total. The number of nitrogens with zero attached hydrogens (tertiary/aromatic N) is 2. The molecule has 0 bridgehead atoms. The number of carbonyl (C=O) groups excluding carboxylic acids is 3. The fraction of sp³-hybridized carbons (Fsp3) is 0.556. The van der Waals surface area contributed by atoms with Gasteiger partial charge in [0, 0.05) is 6.20 Å². The molecule has 9 heteroatoms. The Labute approximate surface area is 163 Å². The second-order valence-corrected chi connectivity index (χ2v) is 7.95. The molecule has 0 spiro atoms. The van der Waals surface area contributed by atoms with Crippen LogP contribution in [0.4, 0.5) is 15.4 Å². The summed E-state index contributed by atoms with van der Waals surface area (Å²) in [6.45, 7) is 11.7. The first-order valence-corrected chi connectivity index (χ1v) is 8.71. The number of pyridine rings is 1. The highest BCUT2D eigenvalue weighted by Gasteiger charge is 2.35.